The fourth-order valence-corrected chi connectivity index (χ4v) is 4.97. The first-order valence-electron chi connectivity index (χ1n) is 11.6. The van der Waals surface area contributed by atoms with Crippen LogP contribution in [0.1, 0.15) is 73.2 Å². The summed E-state index contributed by atoms with van der Waals surface area (Å²) in [6.45, 7) is 1.75. The van der Waals surface area contributed by atoms with Gasteiger partial charge in [0.25, 0.3) is 0 Å². The van der Waals surface area contributed by atoms with Crippen molar-refractivity contribution in [1.82, 2.24) is 4.57 Å². The highest BCUT2D eigenvalue weighted by molar-refractivity contribution is 6.31. The smallest absolute Gasteiger partial charge is 0.303 e. The second kappa shape index (κ2) is 11.9. The predicted molar refractivity (Wildman–Crippen MR) is 137 cm³/mol. The third-order valence-electron chi connectivity index (χ3n) is 6.19. The number of halogens is 2. The quantitative estimate of drug-likeness (QED) is 0.206. The number of aromatic nitrogens is 1. The van der Waals surface area contributed by atoms with E-state index in [9.17, 15) is 14.7 Å². The van der Waals surface area contributed by atoms with Crippen molar-refractivity contribution in [1.29, 1.82) is 0 Å². The number of aliphatic carboxylic acids is 1. The van der Waals surface area contributed by atoms with Crippen LogP contribution in [0, 0.1) is 5.92 Å². The Morgan fingerprint density at radius 3 is 2.44 bits per heavy atom. The molecule has 2 N–H and O–H groups in total. The van der Waals surface area contributed by atoms with Gasteiger partial charge >= 0.3 is 5.97 Å². The van der Waals surface area contributed by atoms with E-state index in [2.05, 4.69) is 6.07 Å². The standard InChI is InChI=1S/C27H31Cl2NO4/c1-17(14-25(33)34)13-24(32)26-21-16-20(29)11-12-22(21)30(2)27(26)23(31)10-5-3-4-7-18-8-6-9-19(28)15-18/h6,8-9,11-12,15-17,23,31H,3-5,7,10,13-14H2,1-2H3,(H,33,34)/t17-,23-/m0/s1. The Hall–Kier alpha value is -2.34. The molecule has 2 aromatic carbocycles. The lowest BCUT2D eigenvalue weighted by Gasteiger charge is -2.16. The van der Waals surface area contributed by atoms with Gasteiger partial charge in [0.15, 0.2) is 5.78 Å². The third kappa shape index (κ3) is 6.62. The molecule has 0 radical (unpaired) electrons. The lowest BCUT2D eigenvalue weighted by molar-refractivity contribution is -0.137. The Kier molecular flexibility index (Phi) is 9.17. The summed E-state index contributed by atoms with van der Waals surface area (Å²) < 4.78 is 1.86. The van der Waals surface area contributed by atoms with Gasteiger partial charge < -0.3 is 14.8 Å². The average Bonchev–Trinajstić information content (AvgIpc) is 3.04. The summed E-state index contributed by atoms with van der Waals surface area (Å²) in [5.41, 5.74) is 3.03. The molecular weight excluding hydrogens is 473 g/mol. The molecule has 2 atom stereocenters. The highest BCUT2D eigenvalue weighted by Crippen LogP contribution is 2.35. The minimum Gasteiger partial charge on any atom is -0.481 e. The third-order valence-corrected chi connectivity index (χ3v) is 6.66. The van der Waals surface area contributed by atoms with Crippen LogP contribution in [-0.4, -0.2) is 26.5 Å². The van der Waals surface area contributed by atoms with E-state index in [0.717, 1.165) is 36.2 Å². The molecule has 0 amide bonds. The molecule has 5 nitrogen and oxygen atoms in total. The van der Waals surface area contributed by atoms with Crippen LogP contribution in [0.5, 0.6) is 0 Å². The number of aryl methyl sites for hydroxylation is 2. The molecule has 3 rings (SSSR count). The number of ketones is 1. The summed E-state index contributed by atoms with van der Waals surface area (Å²) in [4.78, 5) is 24.4. The predicted octanol–water partition coefficient (Wildman–Crippen LogP) is 7.01. The van der Waals surface area contributed by atoms with E-state index in [1.807, 2.05) is 35.9 Å². The Morgan fingerprint density at radius 1 is 1.00 bits per heavy atom. The highest BCUT2D eigenvalue weighted by Gasteiger charge is 2.27. The van der Waals surface area contributed by atoms with Crippen molar-refractivity contribution >= 4 is 45.9 Å². The van der Waals surface area contributed by atoms with E-state index < -0.39 is 12.1 Å². The summed E-state index contributed by atoms with van der Waals surface area (Å²) in [5.74, 6) is -1.41. The van der Waals surface area contributed by atoms with E-state index in [-0.39, 0.29) is 24.5 Å². The molecule has 0 saturated heterocycles. The molecule has 182 valence electrons. The Balaban J connectivity index is 1.74. The number of Topliss-reactive ketones (excluding diaryl/α,β-unsaturated/α-hetero) is 1. The van der Waals surface area contributed by atoms with Crippen molar-refractivity contribution in [2.24, 2.45) is 13.0 Å². The number of carbonyl (C=O) groups excluding carboxylic acids is 1. The topological polar surface area (TPSA) is 79.5 Å². The summed E-state index contributed by atoms with van der Waals surface area (Å²) in [6.07, 6.45) is 3.39. The molecule has 3 aromatic rings. The van der Waals surface area contributed by atoms with Crippen LogP contribution < -0.4 is 0 Å². The molecular formula is C27H31Cl2NO4. The summed E-state index contributed by atoms with van der Waals surface area (Å²) in [7, 11) is 1.84. The molecule has 0 unspecified atom stereocenters. The van der Waals surface area contributed by atoms with Crippen LogP contribution in [0.4, 0.5) is 0 Å². The van der Waals surface area contributed by atoms with Gasteiger partial charge in [-0.2, -0.15) is 0 Å². The molecule has 0 spiro atoms. The first-order valence-corrected chi connectivity index (χ1v) is 12.4. The van der Waals surface area contributed by atoms with E-state index in [4.69, 9.17) is 28.3 Å². The van der Waals surface area contributed by atoms with Crippen molar-refractivity contribution in [3.63, 3.8) is 0 Å². The SMILES string of the molecule is C[C@H](CC(=O)O)CC(=O)c1c([C@@H](O)CCCCCc2cccc(Cl)c2)n(C)c2ccc(Cl)cc12. The van der Waals surface area contributed by atoms with Crippen molar-refractivity contribution in [3.05, 3.63) is 69.3 Å². The molecule has 0 saturated carbocycles. The van der Waals surface area contributed by atoms with Gasteiger partial charge in [-0.1, -0.05) is 55.1 Å². The second-order valence-corrected chi connectivity index (χ2v) is 9.93. The largest absolute Gasteiger partial charge is 0.481 e. The zero-order valence-electron chi connectivity index (χ0n) is 19.6. The minimum absolute atomic E-state index is 0.0816. The van der Waals surface area contributed by atoms with Crippen molar-refractivity contribution in [3.8, 4) is 0 Å². The molecule has 1 aromatic heterocycles. The van der Waals surface area contributed by atoms with Gasteiger partial charge in [0.2, 0.25) is 0 Å². The summed E-state index contributed by atoms with van der Waals surface area (Å²) >= 11 is 12.3. The number of unbranched alkanes of at least 4 members (excludes halogenated alkanes) is 2. The van der Waals surface area contributed by atoms with Gasteiger partial charge in [0.1, 0.15) is 0 Å². The number of carboxylic acids is 1. The van der Waals surface area contributed by atoms with Crippen LogP contribution in [0.25, 0.3) is 10.9 Å². The lowest BCUT2D eigenvalue weighted by Crippen LogP contribution is -2.14. The van der Waals surface area contributed by atoms with Crippen molar-refractivity contribution < 1.29 is 19.8 Å². The van der Waals surface area contributed by atoms with Crippen LogP contribution in [-0.2, 0) is 18.3 Å². The van der Waals surface area contributed by atoms with Gasteiger partial charge in [-0.25, -0.2) is 0 Å². The monoisotopic (exact) mass is 503 g/mol. The minimum atomic E-state index is -0.931. The second-order valence-electron chi connectivity index (χ2n) is 9.06. The summed E-state index contributed by atoms with van der Waals surface area (Å²) in [5, 5.41) is 22.1. The molecule has 34 heavy (non-hydrogen) atoms. The molecule has 1 heterocycles. The van der Waals surface area contributed by atoms with Gasteiger partial charge in [-0.3, -0.25) is 9.59 Å². The first-order chi connectivity index (χ1) is 16.2. The maximum Gasteiger partial charge on any atom is 0.303 e. The average molecular weight is 504 g/mol. The number of hydrogen-bond donors (Lipinski definition) is 2. The normalized spacial score (nSPS) is 13.2. The fourth-order valence-electron chi connectivity index (χ4n) is 4.58. The molecule has 0 aliphatic heterocycles. The van der Waals surface area contributed by atoms with E-state index in [1.54, 1.807) is 19.1 Å². The number of aliphatic hydroxyl groups is 1. The zero-order chi connectivity index (χ0) is 24.8. The van der Waals surface area contributed by atoms with Gasteiger partial charge in [-0.15, -0.1) is 0 Å². The maximum atomic E-state index is 13.3. The van der Waals surface area contributed by atoms with E-state index in [1.165, 1.54) is 5.56 Å². The number of hydrogen-bond acceptors (Lipinski definition) is 3. The highest BCUT2D eigenvalue weighted by atomic mass is 35.5. The number of carboxylic acid groups (broad SMARTS) is 1. The molecule has 0 aliphatic rings. The maximum absolute atomic E-state index is 13.3. The van der Waals surface area contributed by atoms with Crippen LogP contribution in [0.15, 0.2) is 42.5 Å². The number of benzene rings is 2. The van der Waals surface area contributed by atoms with Crippen LogP contribution in [0.3, 0.4) is 0 Å². The molecule has 0 aliphatic carbocycles. The number of rotatable bonds is 12. The Bertz CT molecular complexity index is 1170. The zero-order valence-corrected chi connectivity index (χ0v) is 21.1. The van der Waals surface area contributed by atoms with Gasteiger partial charge in [0, 0.05) is 46.4 Å². The van der Waals surface area contributed by atoms with Crippen molar-refractivity contribution in [2.45, 2.75) is 58.0 Å². The number of nitrogens with zero attached hydrogens (tertiary/aromatic N) is 1. The molecule has 0 bridgehead atoms. The van der Waals surface area contributed by atoms with Gasteiger partial charge in [-0.05, 0) is 61.1 Å². The lowest BCUT2D eigenvalue weighted by atomic mass is 9.93. The van der Waals surface area contributed by atoms with Gasteiger partial charge in [0.05, 0.1) is 11.8 Å². The molecule has 7 heteroatoms. The molecule has 0 fully saturated rings. The van der Waals surface area contributed by atoms with E-state index >= 15 is 0 Å². The fraction of sp³-hybridized carbons (Fsp3) is 0.407. The first kappa shape index (κ1) is 26.3. The number of aliphatic hydroxyl groups excluding tert-OH is 1. The van der Waals surface area contributed by atoms with Crippen LogP contribution in [0.2, 0.25) is 10.0 Å². The Labute approximate surface area is 210 Å². The summed E-state index contributed by atoms with van der Waals surface area (Å²) in [6, 6.07) is 13.2. The van der Waals surface area contributed by atoms with Crippen LogP contribution >= 0.6 is 23.2 Å². The van der Waals surface area contributed by atoms with E-state index in [0.29, 0.717) is 28.1 Å². The Morgan fingerprint density at radius 2 is 1.74 bits per heavy atom. The van der Waals surface area contributed by atoms with Crippen molar-refractivity contribution in [2.75, 3.05) is 0 Å². The number of fused-ring (bicyclic) bond motifs is 1. The number of carbonyl (C=O) groups is 2.